The molecule has 0 unspecified atom stereocenters. The van der Waals surface area contributed by atoms with Gasteiger partial charge < -0.3 is 9.84 Å². The van der Waals surface area contributed by atoms with Crippen molar-refractivity contribution in [1.82, 2.24) is 10.1 Å². The van der Waals surface area contributed by atoms with Gasteiger partial charge in [-0.05, 0) is 25.0 Å². The van der Waals surface area contributed by atoms with Crippen LogP contribution in [-0.2, 0) is 9.84 Å². The third-order valence-corrected chi connectivity index (χ3v) is 4.90. The zero-order chi connectivity index (χ0) is 19.6. The second kappa shape index (κ2) is 7.32. The number of hydrogen-bond acceptors (Lipinski definition) is 8. The van der Waals surface area contributed by atoms with E-state index >= 15 is 0 Å². The van der Waals surface area contributed by atoms with E-state index in [1.54, 1.807) is 20.8 Å². The number of aromatic nitrogens is 2. The highest BCUT2D eigenvalue weighted by atomic mass is 32.2. The zero-order valence-corrected chi connectivity index (χ0v) is 14.8. The molecule has 0 bridgehead atoms. The van der Waals surface area contributed by atoms with E-state index < -0.39 is 37.1 Å². The second-order valence-electron chi connectivity index (χ2n) is 5.79. The number of rotatable bonds is 7. The van der Waals surface area contributed by atoms with Crippen LogP contribution in [0, 0.1) is 23.0 Å². The van der Waals surface area contributed by atoms with Crippen LogP contribution in [0.3, 0.4) is 0 Å². The van der Waals surface area contributed by atoms with Crippen LogP contribution in [0.2, 0.25) is 0 Å². The molecule has 0 saturated carbocycles. The van der Waals surface area contributed by atoms with Crippen molar-refractivity contribution in [2.45, 2.75) is 37.5 Å². The first kappa shape index (κ1) is 19.7. The average molecular weight is 390 g/mol. The van der Waals surface area contributed by atoms with Crippen LogP contribution >= 0.6 is 0 Å². The smallest absolute Gasteiger partial charge is 0.341 e. The van der Waals surface area contributed by atoms with Crippen LogP contribution in [0.15, 0.2) is 27.6 Å². The molecule has 2 aromatic rings. The van der Waals surface area contributed by atoms with E-state index in [9.17, 15) is 27.3 Å². The monoisotopic (exact) mass is 390 g/mol. The quantitative estimate of drug-likeness (QED) is 0.564. The Bertz CT molecular complexity index is 914. The molecule has 142 valence electrons. The van der Waals surface area contributed by atoms with Crippen molar-refractivity contribution in [2.24, 2.45) is 5.92 Å². The summed E-state index contributed by atoms with van der Waals surface area (Å²) < 4.78 is 53.5. The fraction of sp³-hybridized carbons (Fsp3) is 0.429. The van der Waals surface area contributed by atoms with Gasteiger partial charge in [-0.25, -0.2) is 8.42 Å². The summed E-state index contributed by atoms with van der Waals surface area (Å²) in [6, 6.07) is 1.94. The predicted octanol–water partition coefficient (Wildman–Crippen LogP) is 3.09. The number of hydrogen-bond donors (Lipinski definition) is 1. The number of aryl methyl sites for hydroxylation is 1. The summed E-state index contributed by atoms with van der Waals surface area (Å²) in [6.45, 7) is 5.22. The second-order valence-corrected chi connectivity index (χ2v) is 7.71. The molecule has 1 aromatic heterocycles. The molecule has 0 saturated heterocycles. The summed E-state index contributed by atoms with van der Waals surface area (Å²) in [6.07, 6.45) is 0. The maximum Gasteiger partial charge on any atom is 0.341 e. The van der Waals surface area contributed by atoms with Crippen LogP contribution in [0.1, 0.15) is 31.6 Å². The Morgan fingerprint density at radius 2 is 1.96 bits per heavy atom. The molecule has 0 aliphatic carbocycles. The third-order valence-electron chi connectivity index (χ3n) is 3.52. The summed E-state index contributed by atoms with van der Waals surface area (Å²) in [4.78, 5) is 13.7. The van der Waals surface area contributed by atoms with Crippen molar-refractivity contribution in [2.75, 3.05) is 5.32 Å². The highest BCUT2D eigenvalue weighted by Crippen LogP contribution is 2.34. The zero-order valence-electron chi connectivity index (χ0n) is 14.0. The van der Waals surface area contributed by atoms with Crippen molar-refractivity contribution in [3.8, 4) is 0 Å². The average Bonchev–Trinajstić information content (AvgIpc) is 2.97. The molecule has 0 fully saturated rings. The van der Waals surface area contributed by atoms with E-state index in [-0.39, 0.29) is 17.5 Å². The lowest BCUT2D eigenvalue weighted by atomic mass is 10.0. The van der Waals surface area contributed by atoms with Gasteiger partial charge in [0.2, 0.25) is 15.7 Å². The number of halogens is 2. The Hall–Kier alpha value is -2.63. The first-order chi connectivity index (χ1) is 12.0. The molecule has 1 N–H and O–H groups in total. The van der Waals surface area contributed by atoms with E-state index in [2.05, 4.69) is 15.5 Å². The molecule has 1 aromatic carbocycles. The van der Waals surface area contributed by atoms with Crippen LogP contribution in [-0.4, -0.2) is 29.2 Å². The molecule has 26 heavy (non-hydrogen) atoms. The SMILES string of the molecule is Cc1noc([C@@H](Nc2ccc(S(=O)(=O)C(F)F)cc2[N+](=O)[O-])C(C)C)n1. The molecule has 9 nitrogen and oxygen atoms in total. The molecule has 0 aliphatic heterocycles. The van der Waals surface area contributed by atoms with Crippen molar-refractivity contribution in [3.05, 3.63) is 40.0 Å². The Morgan fingerprint density at radius 1 is 1.31 bits per heavy atom. The van der Waals surface area contributed by atoms with Crippen molar-refractivity contribution >= 4 is 21.2 Å². The number of nitro benzene ring substituents is 1. The lowest BCUT2D eigenvalue weighted by molar-refractivity contribution is -0.384. The maximum absolute atomic E-state index is 12.7. The van der Waals surface area contributed by atoms with Gasteiger partial charge in [0.1, 0.15) is 11.7 Å². The molecule has 12 heteroatoms. The van der Waals surface area contributed by atoms with Gasteiger partial charge in [0.25, 0.3) is 5.69 Å². The number of nitrogens with one attached hydrogen (secondary N) is 1. The lowest BCUT2D eigenvalue weighted by Crippen LogP contribution is -2.18. The summed E-state index contributed by atoms with van der Waals surface area (Å²) in [7, 11) is -4.95. The van der Waals surface area contributed by atoms with Crippen molar-refractivity contribution < 1.29 is 26.6 Å². The van der Waals surface area contributed by atoms with Crippen molar-refractivity contribution in [3.63, 3.8) is 0 Å². The molecule has 0 aliphatic rings. The fourth-order valence-electron chi connectivity index (χ4n) is 2.18. The van der Waals surface area contributed by atoms with Gasteiger partial charge in [-0.1, -0.05) is 19.0 Å². The standard InChI is InChI=1S/C14H16F2N4O5S/c1-7(2)12(13-17-8(3)19-25-13)18-10-5-4-9(6-11(10)20(21)22)26(23,24)14(15)16/h4-7,12,14,18H,1-3H3/t12-/m0/s1. The van der Waals surface area contributed by atoms with Gasteiger partial charge in [0.05, 0.1) is 9.82 Å². The highest BCUT2D eigenvalue weighted by molar-refractivity contribution is 7.91. The van der Waals surface area contributed by atoms with Crippen LogP contribution in [0.25, 0.3) is 0 Å². The summed E-state index contributed by atoms with van der Waals surface area (Å²) in [5, 5.41) is 17.8. The normalized spacial score (nSPS) is 13.2. The Kier molecular flexibility index (Phi) is 5.54. The molecular weight excluding hydrogens is 374 g/mol. The van der Waals surface area contributed by atoms with E-state index in [0.717, 1.165) is 12.1 Å². The number of nitrogens with zero attached hydrogens (tertiary/aromatic N) is 3. The maximum atomic E-state index is 12.7. The summed E-state index contributed by atoms with van der Waals surface area (Å²) in [5.41, 5.74) is -0.716. The first-order valence-corrected chi connectivity index (χ1v) is 8.96. The topological polar surface area (TPSA) is 128 Å². The van der Waals surface area contributed by atoms with E-state index in [4.69, 9.17) is 4.52 Å². The Balaban J connectivity index is 2.47. The first-order valence-electron chi connectivity index (χ1n) is 7.41. The molecule has 0 spiro atoms. The summed E-state index contributed by atoms with van der Waals surface area (Å²) in [5.74, 6) is -3.24. The van der Waals surface area contributed by atoms with E-state index in [0.29, 0.717) is 11.9 Å². The number of anilines is 1. The highest BCUT2D eigenvalue weighted by Gasteiger charge is 2.31. The molecule has 1 atom stereocenters. The van der Waals surface area contributed by atoms with Gasteiger partial charge in [0, 0.05) is 6.07 Å². The minimum absolute atomic E-state index is 0.0576. The molecule has 1 heterocycles. The van der Waals surface area contributed by atoms with Gasteiger partial charge in [-0.3, -0.25) is 10.1 Å². The number of nitro groups is 1. The minimum atomic E-state index is -4.95. The predicted molar refractivity (Wildman–Crippen MR) is 86.5 cm³/mol. The van der Waals surface area contributed by atoms with E-state index in [1.165, 1.54) is 0 Å². The number of benzene rings is 1. The van der Waals surface area contributed by atoms with Gasteiger partial charge in [0.15, 0.2) is 5.82 Å². The van der Waals surface area contributed by atoms with Crippen LogP contribution < -0.4 is 5.32 Å². The number of sulfone groups is 1. The molecule has 0 amide bonds. The largest absolute Gasteiger partial charge is 0.368 e. The van der Waals surface area contributed by atoms with Gasteiger partial charge >= 0.3 is 5.76 Å². The number of alkyl halides is 2. The van der Waals surface area contributed by atoms with Gasteiger partial charge in [-0.15, -0.1) is 0 Å². The minimum Gasteiger partial charge on any atom is -0.368 e. The molecule has 2 rings (SSSR count). The molecule has 0 radical (unpaired) electrons. The Morgan fingerprint density at radius 3 is 2.42 bits per heavy atom. The lowest BCUT2D eigenvalue weighted by Gasteiger charge is -2.20. The van der Waals surface area contributed by atoms with Crippen LogP contribution in [0.5, 0.6) is 0 Å². The molecular formula is C14H16F2N4O5S. The van der Waals surface area contributed by atoms with Crippen LogP contribution in [0.4, 0.5) is 20.2 Å². The summed E-state index contributed by atoms with van der Waals surface area (Å²) >= 11 is 0. The third kappa shape index (κ3) is 3.95. The van der Waals surface area contributed by atoms with E-state index in [1.807, 2.05) is 0 Å². The fourth-order valence-corrected chi connectivity index (χ4v) is 2.92. The van der Waals surface area contributed by atoms with Gasteiger partial charge in [-0.2, -0.15) is 13.8 Å². The van der Waals surface area contributed by atoms with Crippen molar-refractivity contribution in [1.29, 1.82) is 0 Å². The Labute approximate surface area is 147 Å².